The number of nitrogens with zero attached hydrogens (tertiary/aromatic N) is 3. The Morgan fingerprint density at radius 1 is 1.04 bits per heavy atom. The van der Waals surface area contributed by atoms with E-state index in [4.69, 9.17) is 0 Å². The minimum absolute atomic E-state index is 0.0276. The van der Waals surface area contributed by atoms with Crippen LogP contribution in [0.5, 0.6) is 0 Å². The second-order valence-electron chi connectivity index (χ2n) is 13.1. The van der Waals surface area contributed by atoms with Crippen molar-refractivity contribution in [2.24, 2.45) is 0 Å². The summed E-state index contributed by atoms with van der Waals surface area (Å²) in [5.74, 6) is -3.98. The Morgan fingerprint density at radius 3 is 2.52 bits per heavy atom. The number of benzene rings is 3. The molecular weight excluding hydrogens is 677 g/mol. The molecule has 52 heavy (non-hydrogen) atoms. The van der Waals surface area contributed by atoms with Crippen molar-refractivity contribution in [3.8, 4) is 5.69 Å². The second kappa shape index (κ2) is 15.0. The first-order valence-electron chi connectivity index (χ1n) is 17.1. The number of rotatable bonds is 11. The van der Waals surface area contributed by atoms with E-state index in [2.05, 4.69) is 20.5 Å². The maximum Gasteiger partial charge on any atom is 0.341 e. The summed E-state index contributed by atoms with van der Waals surface area (Å²) in [5, 5.41) is 15.9. The van der Waals surface area contributed by atoms with Crippen molar-refractivity contribution in [3.63, 3.8) is 0 Å². The number of pyridine rings is 1. The van der Waals surface area contributed by atoms with Crippen LogP contribution in [0.2, 0.25) is 0 Å². The van der Waals surface area contributed by atoms with Crippen LogP contribution < -0.4 is 27.3 Å². The van der Waals surface area contributed by atoms with Gasteiger partial charge >= 0.3 is 11.7 Å². The monoisotopic (exact) mass is 716 g/mol. The number of nitrogens with one attached hydrogen (secondary N) is 3. The number of aromatic carboxylic acids is 1. The number of aryl methyl sites for hydroxylation is 2. The first-order valence-corrected chi connectivity index (χ1v) is 17.1. The first kappa shape index (κ1) is 36.3. The Morgan fingerprint density at radius 2 is 1.83 bits per heavy atom. The predicted octanol–water partition coefficient (Wildman–Crippen LogP) is 5.39. The molecule has 6 rings (SSSR count). The zero-order valence-corrected chi connectivity index (χ0v) is 28.9. The molecule has 4 N–H and O–H groups in total. The number of piperazine rings is 1. The number of carbonyl (C=O) groups is 1. The van der Waals surface area contributed by atoms with E-state index in [1.807, 2.05) is 39.0 Å². The molecule has 0 aliphatic carbocycles. The molecule has 3 heterocycles. The lowest BCUT2D eigenvalue weighted by Gasteiger charge is -2.38. The summed E-state index contributed by atoms with van der Waals surface area (Å²) in [7, 11) is 0. The van der Waals surface area contributed by atoms with Crippen LogP contribution in [-0.2, 0) is 13.0 Å². The number of hydrogen-bond donors (Lipinski definition) is 4. The number of hydrogen-bond acceptors (Lipinski definition) is 7. The van der Waals surface area contributed by atoms with Gasteiger partial charge in [0.05, 0.1) is 11.2 Å². The van der Waals surface area contributed by atoms with Gasteiger partial charge < -0.3 is 20.3 Å². The molecule has 1 aliphatic heterocycles. The van der Waals surface area contributed by atoms with Gasteiger partial charge in [0.1, 0.15) is 28.8 Å². The fourth-order valence-corrected chi connectivity index (χ4v) is 6.95. The van der Waals surface area contributed by atoms with E-state index in [9.17, 15) is 28.7 Å². The first-order chi connectivity index (χ1) is 24.8. The molecule has 0 spiro atoms. The Bertz CT molecular complexity index is 2320. The minimum Gasteiger partial charge on any atom is -0.477 e. The quantitative estimate of drug-likeness (QED) is 0.143. The number of H-pyrrole nitrogens is 1. The number of aromatic nitrogens is 3. The highest BCUT2D eigenvalue weighted by molar-refractivity contribution is 5.93. The standard InChI is InChI=1S/C38H39F3N6O5/c1-4-23-14-25(9-7-21(23)2)43-34-18-35(48)46(38(52)44-34)12-5-6-31(45-13-11-42-22(3)19-45)26-17-33-27(16-29(26)40)36(49)28(37(50)51)20-47(33)32-10-8-24(39)15-30(32)41/h7-10,14-18,20,22,31,42-43H,4-6,11-13,19H2,1-3H3,(H,44,52)(H,50,51). The zero-order chi connectivity index (χ0) is 37.3. The summed E-state index contributed by atoms with van der Waals surface area (Å²) >= 11 is 0. The van der Waals surface area contributed by atoms with Crippen molar-refractivity contribution >= 4 is 28.4 Å². The van der Waals surface area contributed by atoms with Crippen molar-refractivity contribution in [2.75, 3.05) is 25.0 Å². The van der Waals surface area contributed by atoms with Gasteiger partial charge in [0.2, 0.25) is 5.43 Å². The van der Waals surface area contributed by atoms with Gasteiger partial charge in [-0.1, -0.05) is 13.0 Å². The van der Waals surface area contributed by atoms with E-state index in [0.717, 1.165) is 56.8 Å². The molecule has 0 saturated carbocycles. The number of carboxylic acid groups (broad SMARTS) is 1. The molecule has 2 atom stereocenters. The van der Waals surface area contributed by atoms with Crippen LogP contribution in [0.1, 0.15) is 59.8 Å². The molecule has 2 unspecified atom stereocenters. The van der Waals surface area contributed by atoms with Crippen LogP contribution in [-0.4, -0.2) is 55.8 Å². The fourth-order valence-electron chi connectivity index (χ4n) is 6.95. The van der Waals surface area contributed by atoms with Gasteiger partial charge in [-0.3, -0.25) is 24.0 Å². The third-order valence-corrected chi connectivity index (χ3v) is 9.61. The van der Waals surface area contributed by atoms with E-state index in [1.165, 1.54) is 12.1 Å². The average Bonchev–Trinajstić information content (AvgIpc) is 3.09. The SMILES string of the molecule is CCc1cc(Nc2cc(=O)n(CCCC(c3cc4c(cc3F)c(=O)c(C(=O)O)cn4-c3ccc(F)cc3F)N3CCNC(C)C3)c(=O)[nH]2)ccc1C. The van der Waals surface area contributed by atoms with E-state index >= 15 is 8.78 Å². The zero-order valence-electron chi connectivity index (χ0n) is 28.9. The van der Waals surface area contributed by atoms with E-state index in [1.54, 1.807) is 0 Å². The molecule has 11 nitrogen and oxygen atoms in total. The minimum atomic E-state index is -1.59. The van der Waals surface area contributed by atoms with Gasteiger partial charge in [-0.15, -0.1) is 0 Å². The summed E-state index contributed by atoms with van der Waals surface area (Å²) in [6, 6.07) is 11.6. The molecule has 3 aromatic carbocycles. The van der Waals surface area contributed by atoms with Crippen LogP contribution in [0.3, 0.4) is 0 Å². The Hall–Kier alpha value is -5.47. The van der Waals surface area contributed by atoms with Gasteiger partial charge in [0.25, 0.3) is 5.56 Å². The van der Waals surface area contributed by atoms with Gasteiger partial charge in [-0.05, 0) is 80.6 Å². The molecule has 5 aromatic rings. The smallest absolute Gasteiger partial charge is 0.341 e. The van der Waals surface area contributed by atoms with Gasteiger partial charge in [-0.25, -0.2) is 22.8 Å². The van der Waals surface area contributed by atoms with Crippen LogP contribution in [0.15, 0.2) is 75.2 Å². The molecule has 0 amide bonds. The fraction of sp³-hybridized carbons (Fsp3) is 0.316. The summed E-state index contributed by atoms with van der Waals surface area (Å²) in [5.41, 5.74) is 0.160. The molecular formula is C38H39F3N6O5. The molecule has 2 aromatic heterocycles. The number of anilines is 2. The van der Waals surface area contributed by atoms with Crippen LogP contribution >= 0.6 is 0 Å². The maximum absolute atomic E-state index is 16.2. The normalized spacial score (nSPS) is 15.5. The number of halogens is 3. The number of carboxylic acids is 1. The number of aromatic amines is 1. The lowest BCUT2D eigenvalue weighted by Crippen LogP contribution is -2.50. The van der Waals surface area contributed by atoms with Gasteiger partial charge in [0.15, 0.2) is 0 Å². The summed E-state index contributed by atoms with van der Waals surface area (Å²) in [4.78, 5) is 56.2. The molecule has 272 valence electrons. The van der Waals surface area contributed by atoms with Crippen molar-refractivity contribution < 1.29 is 23.1 Å². The molecule has 1 fully saturated rings. The highest BCUT2D eigenvalue weighted by Crippen LogP contribution is 2.33. The van der Waals surface area contributed by atoms with Gasteiger partial charge in [-0.2, -0.15) is 0 Å². The molecule has 1 saturated heterocycles. The van der Waals surface area contributed by atoms with Gasteiger partial charge in [0, 0.05) is 73.2 Å². The summed E-state index contributed by atoms with van der Waals surface area (Å²) < 4.78 is 47.3. The lowest BCUT2D eigenvalue weighted by atomic mass is 9.96. The highest BCUT2D eigenvalue weighted by atomic mass is 19.1. The topological polar surface area (TPSA) is 141 Å². The number of fused-ring (bicyclic) bond motifs is 1. The van der Waals surface area contributed by atoms with Crippen molar-refractivity contribution in [3.05, 3.63) is 132 Å². The third kappa shape index (κ3) is 7.44. The second-order valence-corrected chi connectivity index (χ2v) is 13.1. The van der Waals surface area contributed by atoms with Crippen molar-refractivity contribution in [1.29, 1.82) is 0 Å². The molecule has 1 aliphatic rings. The molecule has 14 heteroatoms. The van der Waals surface area contributed by atoms with Crippen LogP contribution in [0.25, 0.3) is 16.6 Å². The highest BCUT2D eigenvalue weighted by Gasteiger charge is 2.29. The van der Waals surface area contributed by atoms with E-state index < -0.39 is 51.7 Å². The maximum atomic E-state index is 16.2. The molecule has 0 bridgehead atoms. The van der Waals surface area contributed by atoms with E-state index in [0.29, 0.717) is 25.7 Å². The Labute approximate surface area is 296 Å². The van der Waals surface area contributed by atoms with Crippen LogP contribution in [0, 0.1) is 24.4 Å². The van der Waals surface area contributed by atoms with Crippen molar-refractivity contribution in [1.82, 2.24) is 24.3 Å². The van der Waals surface area contributed by atoms with Crippen molar-refractivity contribution in [2.45, 2.75) is 58.7 Å². The van der Waals surface area contributed by atoms with Crippen LogP contribution in [0.4, 0.5) is 24.7 Å². The summed E-state index contributed by atoms with van der Waals surface area (Å²) in [6.45, 7) is 7.73. The third-order valence-electron chi connectivity index (χ3n) is 9.61. The lowest BCUT2D eigenvalue weighted by molar-refractivity contribution is 0.0695. The summed E-state index contributed by atoms with van der Waals surface area (Å²) in [6.07, 6.45) is 2.35. The average molecular weight is 717 g/mol. The largest absolute Gasteiger partial charge is 0.477 e. The predicted molar refractivity (Wildman–Crippen MR) is 193 cm³/mol. The Balaban J connectivity index is 1.35. The Kier molecular flexibility index (Phi) is 10.5. The molecule has 0 radical (unpaired) electrons. The van der Waals surface area contributed by atoms with E-state index in [-0.39, 0.29) is 53.4 Å².